The Morgan fingerprint density at radius 3 is 2.70 bits per heavy atom. The van der Waals surface area contributed by atoms with Crippen LogP contribution in [0, 0.1) is 11.3 Å². The van der Waals surface area contributed by atoms with Gasteiger partial charge >= 0.3 is 0 Å². The number of nitriles is 1. The van der Waals surface area contributed by atoms with Crippen molar-refractivity contribution in [3.8, 4) is 6.07 Å². The smallest absolute Gasteiger partial charge is 0.122 e. The maximum Gasteiger partial charge on any atom is 0.122 e. The second-order valence-electron chi connectivity index (χ2n) is 4.57. The van der Waals surface area contributed by atoms with Crippen LogP contribution in [-0.2, 0) is 11.3 Å². The number of anilines is 1. The van der Waals surface area contributed by atoms with Gasteiger partial charge in [0.25, 0.3) is 0 Å². The van der Waals surface area contributed by atoms with Gasteiger partial charge in [-0.3, -0.25) is 0 Å². The molecule has 1 aromatic carbocycles. The first-order valence-electron chi connectivity index (χ1n) is 6.32. The summed E-state index contributed by atoms with van der Waals surface area (Å²) < 4.78 is 5.27. The Bertz CT molecular complexity index is 600. The Hall–Kier alpha value is -1.90. The summed E-state index contributed by atoms with van der Waals surface area (Å²) in [6.07, 6.45) is 0.0361. The molecule has 4 nitrogen and oxygen atoms in total. The highest BCUT2D eigenvalue weighted by atomic mass is 32.1. The van der Waals surface area contributed by atoms with Crippen LogP contribution >= 0.6 is 11.3 Å². The average molecular weight is 287 g/mol. The highest BCUT2D eigenvalue weighted by Crippen LogP contribution is 2.22. The van der Waals surface area contributed by atoms with E-state index in [1.54, 1.807) is 18.4 Å². The first kappa shape index (κ1) is 14.5. The molecule has 0 aliphatic rings. The summed E-state index contributed by atoms with van der Waals surface area (Å²) in [6, 6.07) is 9.67. The van der Waals surface area contributed by atoms with Crippen LogP contribution in [0.5, 0.6) is 0 Å². The minimum atomic E-state index is 0.0361. The van der Waals surface area contributed by atoms with Crippen molar-refractivity contribution in [1.29, 1.82) is 5.26 Å². The zero-order valence-corrected chi connectivity index (χ0v) is 12.6. The second kappa shape index (κ2) is 6.51. The summed E-state index contributed by atoms with van der Waals surface area (Å²) in [5.74, 6) is 0. The largest absolute Gasteiger partial charge is 0.375 e. The van der Waals surface area contributed by atoms with E-state index in [-0.39, 0.29) is 6.10 Å². The molecule has 0 amide bonds. The van der Waals surface area contributed by atoms with E-state index >= 15 is 0 Å². The first-order chi connectivity index (χ1) is 9.63. The number of methoxy groups -OCH3 is 1. The number of hydrogen-bond acceptors (Lipinski definition) is 5. The SMILES string of the molecule is COC(C)c1nc(CN(C)c2ccc(C#N)cc2)cs1. The van der Waals surface area contributed by atoms with E-state index in [9.17, 15) is 0 Å². The average Bonchev–Trinajstić information content (AvgIpc) is 2.95. The predicted molar refractivity (Wildman–Crippen MR) is 80.8 cm³/mol. The molecule has 1 heterocycles. The summed E-state index contributed by atoms with van der Waals surface area (Å²) in [5.41, 5.74) is 2.77. The number of rotatable bonds is 5. The standard InChI is InChI=1S/C15H17N3OS/c1-11(19-3)15-17-13(10-20-15)9-18(2)14-6-4-12(8-16)5-7-14/h4-7,10-11H,9H2,1-3H3. The molecular weight excluding hydrogens is 270 g/mol. The number of hydrogen-bond donors (Lipinski definition) is 0. The molecule has 104 valence electrons. The lowest BCUT2D eigenvalue weighted by molar-refractivity contribution is 0.119. The van der Waals surface area contributed by atoms with Crippen molar-refractivity contribution in [1.82, 2.24) is 4.98 Å². The van der Waals surface area contributed by atoms with Crippen LogP contribution in [0.3, 0.4) is 0 Å². The van der Waals surface area contributed by atoms with Gasteiger partial charge in [-0.2, -0.15) is 5.26 Å². The van der Waals surface area contributed by atoms with Gasteiger partial charge in [-0.05, 0) is 31.2 Å². The van der Waals surface area contributed by atoms with Gasteiger partial charge in [0, 0.05) is 25.2 Å². The minimum absolute atomic E-state index is 0.0361. The zero-order valence-electron chi connectivity index (χ0n) is 11.8. The fourth-order valence-corrected chi connectivity index (χ4v) is 2.65. The molecule has 2 rings (SSSR count). The van der Waals surface area contributed by atoms with Crippen LogP contribution in [0.25, 0.3) is 0 Å². The molecule has 0 fully saturated rings. The Kier molecular flexibility index (Phi) is 4.72. The molecule has 0 aliphatic heterocycles. The van der Waals surface area contributed by atoms with Crippen LogP contribution < -0.4 is 4.90 Å². The highest BCUT2D eigenvalue weighted by molar-refractivity contribution is 7.09. The molecular formula is C15H17N3OS. The van der Waals surface area contributed by atoms with Gasteiger partial charge in [-0.25, -0.2) is 4.98 Å². The zero-order chi connectivity index (χ0) is 14.5. The lowest BCUT2D eigenvalue weighted by Gasteiger charge is -2.18. The Labute approximate surface area is 123 Å². The van der Waals surface area contributed by atoms with Crippen molar-refractivity contribution < 1.29 is 4.74 Å². The monoisotopic (exact) mass is 287 g/mol. The van der Waals surface area contributed by atoms with E-state index in [4.69, 9.17) is 10.00 Å². The van der Waals surface area contributed by atoms with Gasteiger partial charge in [0.1, 0.15) is 11.1 Å². The summed E-state index contributed by atoms with van der Waals surface area (Å²) >= 11 is 1.62. The molecule has 1 atom stereocenters. The van der Waals surface area contributed by atoms with Crippen molar-refractivity contribution >= 4 is 17.0 Å². The molecule has 0 N–H and O–H groups in total. The molecule has 0 radical (unpaired) electrons. The van der Waals surface area contributed by atoms with E-state index in [2.05, 4.69) is 21.3 Å². The Morgan fingerprint density at radius 2 is 2.10 bits per heavy atom. The predicted octanol–water partition coefficient (Wildman–Crippen LogP) is 3.36. The van der Waals surface area contributed by atoms with Gasteiger partial charge in [0.05, 0.1) is 23.9 Å². The van der Waals surface area contributed by atoms with E-state index in [1.165, 1.54) is 0 Å². The summed E-state index contributed by atoms with van der Waals surface area (Å²) in [4.78, 5) is 6.69. The molecule has 0 saturated carbocycles. The summed E-state index contributed by atoms with van der Waals surface area (Å²) in [5, 5.41) is 11.9. The normalized spacial score (nSPS) is 11.9. The van der Waals surface area contributed by atoms with Gasteiger partial charge < -0.3 is 9.64 Å². The maximum atomic E-state index is 8.80. The van der Waals surface area contributed by atoms with Crippen molar-refractivity contribution in [3.63, 3.8) is 0 Å². The Balaban J connectivity index is 2.05. The van der Waals surface area contributed by atoms with Crippen LogP contribution in [0.4, 0.5) is 5.69 Å². The maximum absolute atomic E-state index is 8.80. The molecule has 0 saturated heterocycles. The quantitative estimate of drug-likeness (QED) is 0.846. The van der Waals surface area contributed by atoms with Gasteiger partial charge in [-0.15, -0.1) is 11.3 Å². The first-order valence-corrected chi connectivity index (χ1v) is 7.20. The lowest BCUT2D eigenvalue weighted by Crippen LogP contribution is -2.16. The molecule has 0 aliphatic carbocycles. The fraction of sp³-hybridized carbons (Fsp3) is 0.333. The Morgan fingerprint density at radius 1 is 1.40 bits per heavy atom. The fourth-order valence-electron chi connectivity index (χ4n) is 1.81. The number of aromatic nitrogens is 1. The molecule has 20 heavy (non-hydrogen) atoms. The van der Waals surface area contributed by atoms with Crippen molar-refractivity contribution in [2.24, 2.45) is 0 Å². The van der Waals surface area contributed by atoms with Crippen LogP contribution in [0.15, 0.2) is 29.6 Å². The third-order valence-corrected chi connectivity index (χ3v) is 4.16. The third kappa shape index (κ3) is 3.35. The number of ether oxygens (including phenoxy) is 1. The van der Waals surface area contributed by atoms with E-state index in [0.717, 1.165) is 22.9 Å². The minimum Gasteiger partial charge on any atom is -0.375 e. The highest BCUT2D eigenvalue weighted by Gasteiger charge is 2.11. The van der Waals surface area contributed by atoms with Crippen LogP contribution in [0.2, 0.25) is 0 Å². The van der Waals surface area contributed by atoms with Gasteiger partial charge in [-0.1, -0.05) is 0 Å². The molecule has 0 bridgehead atoms. The number of thiazole rings is 1. The third-order valence-electron chi connectivity index (χ3n) is 3.11. The molecule has 0 spiro atoms. The second-order valence-corrected chi connectivity index (χ2v) is 5.46. The van der Waals surface area contributed by atoms with Crippen molar-refractivity contribution in [2.75, 3.05) is 19.1 Å². The molecule has 1 unspecified atom stereocenters. The number of benzene rings is 1. The van der Waals surface area contributed by atoms with Gasteiger partial charge in [0.2, 0.25) is 0 Å². The molecule has 5 heteroatoms. The van der Waals surface area contributed by atoms with Crippen LogP contribution in [0.1, 0.15) is 29.3 Å². The van der Waals surface area contributed by atoms with E-state index < -0.39 is 0 Å². The van der Waals surface area contributed by atoms with Crippen molar-refractivity contribution in [3.05, 3.63) is 45.9 Å². The summed E-state index contributed by atoms with van der Waals surface area (Å²) in [6.45, 7) is 2.73. The summed E-state index contributed by atoms with van der Waals surface area (Å²) in [7, 11) is 3.70. The molecule has 2 aromatic rings. The van der Waals surface area contributed by atoms with E-state index in [1.807, 2.05) is 38.2 Å². The van der Waals surface area contributed by atoms with Crippen LogP contribution in [-0.4, -0.2) is 19.1 Å². The van der Waals surface area contributed by atoms with Crippen molar-refractivity contribution in [2.45, 2.75) is 19.6 Å². The van der Waals surface area contributed by atoms with E-state index in [0.29, 0.717) is 5.56 Å². The topological polar surface area (TPSA) is 49.1 Å². The number of nitrogens with zero attached hydrogens (tertiary/aromatic N) is 3. The molecule has 1 aromatic heterocycles. The van der Waals surface area contributed by atoms with Gasteiger partial charge in [0.15, 0.2) is 0 Å². The lowest BCUT2D eigenvalue weighted by atomic mass is 10.2.